The van der Waals surface area contributed by atoms with E-state index in [0.29, 0.717) is 17.0 Å². The highest BCUT2D eigenvalue weighted by atomic mass is 32.2. The fraction of sp³-hybridized carbons (Fsp3) is 0.278. The number of aromatic nitrogens is 2. The smallest absolute Gasteiger partial charge is 0.243 e. The molecular formula is C18H20N4O4S2. The number of sulfonamides is 1. The van der Waals surface area contributed by atoms with Crippen LogP contribution in [0.15, 0.2) is 47.4 Å². The van der Waals surface area contributed by atoms with Gasteiger partial charge in [0.25, 0.3) is 0 Å². The van der Waals surface area contributed by atoms with Crippen molar-refractivity contribution in [2.75, 3.05) is 12.4 Å². The summed E-state index contributed by atoms with van der Waals surface area (Å²) in [5.41, 5.74) is 1.33. The van der Waals surface area contributed by atoms with E-state index >= 15 is 0 Å². The predicted octanol–water partition coefficient (Wildman–Crippen LogP) is 2.64. The summed E-state index contributed by atoms with van der Waals surface area (Å²) < 4.78 is 41.6. The Balaban J connectivity index is 1.83. The van der Waals surface area contributed by atoms with Crippen LogP contribution in [0.1, 0.15) is 13.8 Å². The molecule has 0 aliphatic carbocycles. The van der Waals surface area contributed by atoms with Gasteiger partial charge < -0.3 is 10.1 Å². The van der Waals surface area contributed by atoms with Crippen molar-refractivity contribution in [2.24, 2.45) is 5.92 Å². The highest BCUT2D eigenvalue weighted by molar-refractivity contribution is 7.89. The second-order valence-corrected chi connectivity index (χ2v) is 8.66. The highest BCUT2D eigenvalue weighted by Crippen LogP contribution is 2.22. The number of carbonyl (C=O) groups is 1. The van der Waals surface area contributed by atoms with Gasteiger partial charge in [-0.1, -0.05) is 19.9 Å². The predicted molar refractivity (Wildman–Crippen MR) is 108 cm³/mol. The van der Waals surface area contributed by atoms with E-state index in [1.54, 1.807) is 57.4 Å². The molecule has 0 bridgehead atoms. The molecule has 0 aliphatic rings. The molecule has 1 heterocycles. The molecule has 0 saturated heterocycles. The third-order valence-electron chi connectivity index (χ3n) is 4.13. The number of anilines is 1. The van der Waals surface area contributed by atoms with Gasteiger partial charge in [0.1, 0.15) is 27.7 Å². The number of ether oxygens (including phenoxy) is 1. The lowest BCUT2D eigenvalue weighted by Crippen LogP contribution is -2.47. The maximum atomic E-state index is 12.9. The lowest BCUT2D eigenvalue weighted by Gasteiger charge is -2.21. The summed E-state index contributed by atoms with van der Waals surface area (Å²) in [4.78, 5) is 12.7. The van der Waals surface area contributed by atoms with Crippen LogP contribution in [0.2, 0.25) is 0 Å². The normalized spacial score (nSPS) is 12.9. The van der Waals surface area contributed by atoms with Gasteiger partial charge in [-0.3, -0.25) is 4.79 Å². The van der Waals surface area contributed by atoms with Gasteiger partial charge in [0.2, 0.25) is 15.9 Å². The summed E-state index contributed by atoms with van der Waals surface area (Å²) in [6, 6.07) is 10.6. The molecule has 2 aromatic carbocycles. The molecule has 1 aromatic heterocycles. The number of hydrogen-bond donors (Lipinski definition) is 2. The fourth-order valence-electron chi connectivity index (χ4n) is 2.62. The number of fused-ring (bicyclic) bond motifs is 1. The third kappa shape index (κ3) is 4.29. The van der Waals surface area contributed by atoms with E-state index in [4.69, 9.17) is 4.74 Å². The Labute approximate surface area is 167 Å². The molecule has 148 valence electrons. The molecule has 0 unspecified atom stereocenters. The monoisotopic (exact) mass is 420 g/mol. The van der Waals surface area contributed by atoms with E-state index in [2.05, 4.69) is 18.8 Å². The SMILES string of the molecule is COc1ccc(NC(=O)[C@H](NS(=O)(=O)c2cccc3nsnc23)C(C)C)cc1. The minimum atomic E-state index is -3.98. The Morgan fingerprint density at radius 1 is 1.11 bits per heavy atom. The second kappa shape index (κ2) is 8.21. The van der Waals surface area contributed by atoms with E-state index in [-0.39, 0.29) is 16.3 Å². The third-order valence-corrected chi connectivity index (χ3v) is 6.14. The summed E-state index contributed by atoms with van der Waals surface area (Å²) in [5.74, 6) is -0.0721. The van der Waals surface area contributed by atoms with Crippen molar-refractivity contribution >= 4 is 44.4 Å². The molecule has 0 aliphatic heterocycles. The van der Waals surface area contributed by atoms with Crippen LogP contribution in [-0.4, -0.2) is 36.2 Å². The van der Waals surface area contributed by atoms with E-state index in [1.165, 1.54) is 6.07 Å². The first-order valence-electron chi connectivity index (χ1n) is 8.50. The number of amides is 1. The molecule has 0 spiro atoms. The van der Waals surface area contributed by atoms with E-state index in [0.717, 1.165) is 11.7 Å². The Morgan fingerprint density at radius 2 is 1.82 bits per heavy atom. The molecule has 2 N–H and O–H groups in total. The summed E-state index contributed by atoms with van der Waals surface area (Å²) in [6.07, 6.45) is 0. The van der Waals surface area contributed by atoms with Gasteiger partial charge >= 0.3 is 0 Å². The van der Waals surface area contributed by atoms with Crippen molar-refractivity contribution in [3.05, 3.63) is 42.5 Å². The van der Waals surface area contributed by atoms with E-state index < -0.39 is 22.0 Å². The Hall–Kier alpha value is -2.56. The van der Waals surface area contributed by atoms with Crippen LogP contribution >= 0.6 is 11.7 Å². The molecule has 8 nitrogen and oxygen atoms in total. The molecule has 3 rings (SSSR count). The molecule has 10 heteroatoms. The maximum Gasteiger partial charge on any atom is 0.243 e. The largest absolute Gasteiger partial charge is 0.497 e. The lowest BCUT2D eigenvalue weighted by atomic mass is 10.0. The van der Waals surface area contributed by atoms with Crippen molar-refractivity contribution < 1.29 is 17.9 Å². The first kappa shape index (κ1) is 20.2. The standard InChI is InChI=1S/C18H20N4O4S2/c1-11(2)16(18(23)19-12-7-9-13(26-3)10-8-12)22-28(24,25)15-6-4-5-14-17(15)21-27-20-14/h4-11,16,22H,1-3H3,(H,19,23)/t16-/m1/s1. The molecular weight excluding hydrogens is 400 g/mol. The number of carbonyl (C=O) groups excluding carboxylic acids is 1. The van der Waals surface area contributed by atoms with Gasteiger partial charge in [-0.25, -0.2) is 8.42 Å². The number of rotatable bonds is 7. The van der Waals surface area contributed by atoms with Gasteiger partial charge in [0, 0.05) is 5.69 Å². The highest BCUT2D eigenvalue weighted by Gasteiger charge is 2.30. The first-order valence-corrected chi connectivity index (χ1v) is 10.7. The van der Waals surface area contributed by atoms with Crippen LogP contribution in [0, 0.1) is 5.92 Å². The average molecular weight is 421 g/mol. The van der Waals surface area contributed by atoms with Gasteiger partial charge in [-0.15, -0.1) is 0 Å². The van der Waals surface area contributed by atoms with Crippen LogP contribution in [-0.2, 0) is 14.8 Å². The Kier molecular flexibility index (Phi) is 5.92. The zero-order chi connectivity index (χ0) is 20.3. The summed E-state index contributed by atoms with van der Waals surface area (Å²) >= 11 is 0.938. The molecule has 1 atom stereocenters. The van der Waals surface area contributed by atoms with Gasteiger partial charge in [0.15, 0.2) is 0 Å². The van der Waals surface area contributed by atoms with Crippen LogP contribution in [0.4, 0.5) is 5.69 Å². The number of benzene rings is 2. The van der Waals surface area contributed by atoms with Crippen LogP contribution in [0.5, 0.6) is 5.75 Å². The Morgan fingerprint density at radius 3 is 2.46 bits per heavy atom. The minimum absolute atomic E-state index is 0.00153. The maximum absolute atomic E-state index is 12.9. The topological polar surface area (TPSA) is 110 Å². The van der Waals surface area contributed by atoms with Crippen molar-refractivity contribution in [3.8, 4) is 5.75 Å². The van der Waals surface area contributed by atoms with Crippen molar-refractivity contribution in [1.29, 1.82) is 0 Å². The fourth-order valence-corrected chi connectivity index (χ4v) is 4.73. The van der Waals surface area contributed by atoms with Crippen LogP contribution in [0.25, 0.3) is 11.0 Å². The molecule has 28 heavy (non-hydrogen) atoms. The van der Waals surface area contributed by atoms with Gasteiger partial charge in [-0.05, 0) is 42.3 Å². The van der Waals surface area contributed by atoms with Crippen molar-refractivity contribution in [1.82, 2.24) is 13.5 Å². The lowest BCUT2D eigenvalue weighted by molar-refractivity contribution is -0.118. The van der Waals surface area contributed by atoms with E-state index in [9.17, 15) is 13.2 Å². The first-order chi connectivity index (χ1) is 13.3. The summed E-state index contributed by atoms with van der Waals surface area (Å²) in [5, 5.41) is 2.73. The van der Waals surface area contributed by atoms with E-state index in [1.807, 2.05) is 0 Å². The minimum Gasteiger partial charge on any atom is -0.497 e. The second-order valence-electron chi connectivity index (χ2n) is 6.45. The number of methoxy groups -OCH3 is 1. The molecule has 1 amide bonds. The average Bonchev–Trinajstić information content (AvgIpc) is 3.15. The van der Waals surface area contributed by atoms with Crippen molar-refractivity contribution in [3.63, 3.8) is 0 Å². The number of hydrogen-bond acceptors (Lipinski definition) is 7. The van der Waals surface area contributed by atoms with Crippen LogP contribution < -0.4 is 14.8 Å². The molecule has 3 aromatic rings. The van der Waals surface area contributed by atoms with Crippen LogP contribution in [0.3, 0.4) is 0 Å². The van der Waals surface area contributed by atoms with Gasteiger partial charge in [-0.2, -0.15) is 13.5 Å². The zero-order valence-electron chi connectivity index (χ0n) is 15.5. The Bertz CT molecular complexity index is 1080. The summed E-state index contributed by atoms with van der Waals surface area (Å²) in [6.45, 7) is 3.54. The van der Waals surface area contributed by atoms with Gasteiger partial charge in [0.05, 0.1) is 18.8 Å². The molecule has 0 fully saturated rings. The summed E-state index contributed by atoms with van der Waals surface area (Å²) in [7, 11) is -2.42. The molecule has 0 radical (unpaired) electrons. The number of nitrogens with one attached hydrogen (secondary N) is 2. The quantitative estimate of drug-likeness (QED) is 0.608. The van der Waals surface area contributed by atoms with Crippen molar-refractivity contribution in [2.45, 2.75) is 24.8 Å². The molecule has 0 saturated carbocycles. The number of nitrogens with zero attached hydrogens (tertiary/aromatic N) is 2. The zero-order valence-corrected chi connectivity index (χ0v) is 17.2.